The van der Waals surface area contributed by atoms with Gasteiger partial charge in [-0.05, 0) is 13.3 Å². The van der Waals surface area contributed by atoms with Crippen molar-refractivity contribution in [2.24, 2.45) is 0 Å². The molecule has 1 atom stereocenters. The highest BCUT2D eigenvalue weighted by Crippen LogP contribution is 2.20. The summed E-state index contributed by atoms with van der Waals surface area (Å²) in [6.45, 7) is 4.13. The Kier molecular flexibility index (Phi) is 5.21. The van der Waals surface area contributed by atoms with E-state index in [2.05, 4.69) is 15.6 Å². The number of thiazole rings is 1. The van der Waals surface area contributed by atoms with E-state index in [0.29, 0.717) is 0 Å². The number of amides is 2. The van der Waals surface area contributed by atoms with Gasteiger partial charge < -0.3 is 15.7 Å². The minimum Gasteiger partial charge on any atom is -0.395 e. The van der Waals surface area contributed by atoms with E-state index in [9.17, 15) is 4.79 Å². The van der Waals surface area contributed by atoms with Crippen LogP contribution in [0.25, 0.3) is 0 Å². The lowest BCUT2D eigenvalue weighted by atomic mass is 10.2. The molecule has 0 spiro atoms. The van der Waals surface area contributed by atoms with Gasteiger partial charge in [-0.3, -0.25) is 0 Å². The van der Waals surface area contributed by atoms with Crippen molar-refractivity contribution in [3.63, 3.8) is 0 Å². The first-order chi connectivity index (χ1) is 7.67. The van der Waals surface area contributed by atoms with Gasteiger partial charge >= 0.3 is 6.03 Å². The van der Waals surface area contributed by atoms with Crippen LogP contribution in [0.4, 0.5) is 4.79 Å². The maximum Gasteiger partial charge on any atom is 0.315 e. The van der Waals surface area contributed by atoms with Crippen LogP contribution in [0.3, 0.4) is 0 Å². The van der Waals surface area contributed by atoms with Crippen molar-refractivity contribution in [2.75, 3.05) is 13.2 Å². The average molecular weight is 243 g/mol. The molecular weight excluding hydrogens is 226 g/mol. The lowest BCUT2D eigenvalue weighted by Gasteiger charge is -2.14. The zero-order valence-corrected chi connectivity index (χ0v) is 10.3. The van der Waals surface area contributed by atoms with Crippen molar-refractivity contribution < 1.29 is 9.90 Å². The summed E-state index contributed by atoms with van der Waals surface area (Å²) in [4.78, 5) is 15.7. The van der Waals surface area contributed by atoms with Gasteiger partial charge in [-0.1, -0.05) is 6.92 Å². The Labute approximate surface area is 98.9 Å². The van der Waals surface area contributed by atoms with Crippen molar-refractivity contribution in [1.29, 1.82) is 0 Å². The number of rotatable bonds is 5. The van der Waals surface area contributed by atoms with Crippen LogP contribution in [0, 0.1) is 6.92 Å². The van der Waals surface area contributed by atoms with Crippen LogP contribution in [0.5, 0.6) is 0 Å². The zero-order valence-electron chi connectivity index (χ0n) is 9.49. The number of carbonyl (C=O) groups excluding carboxylic acids is 1. The maximum absolute atomic E-state index is 11.4. The maximum atomic E-state index is 11.4. The van der Waals surface area contributed by atoms with Crippen LogP contribution in [-0.4, -0.2) is 29.3 Å². The van der Waals surface area contributed by atoms with Gasteiger partial charge in [0.05, 0.1) is 12.6 Å². The third-order valence-corrected chi connectivity index (χ3v) is 3.12. The summed E-state index contributed by atoms with van der Waals surface area (Å²) >= 11 is 1.55. The molecule has 0 saturated heterocycles. The number of hydrogen-bond acceptors (Lipinski definition) is 4. The third kappa shape index (κ3) is 3.79. The van der Waals surface area contributed by atoms with Crippen molar-refractivity contribution >= 4 is 17.4 Å². The number of aliphatic hydroxyl groups is 1. The highest BCUT2D eigenvalue weighted by atomic mass is 32.1. The number of aliphatic hydroxyl groups excluding tert-OH is 1. The number of carbonyl (C=O) groups is 1. The molecule has 0 aromatic carbocycles. The molecule has 0 aliphatic heterocycles. The summed E-state index contributed by atoms with van der Waals surface area (Å²) in [5.74, 6) is 0. The molecule has 0 saturated carbocycles. The predicted octanol–water partition coefficient (Wildman–Crippen LogP) is 1.19. The lowest BCUT2D eigenvalue weighted by molar-refractivity contribution is 0.230. The minimum atomic E-state index is -0.270. The van der Waals surface area contributed by atoms with E-state index in [-0.39, 0.29) is 25.2 Å². The average Bonchev–Trinajstić information content (AvgIpc) is 2.69. The molecule has 90 valence electrons. The molecule has 0 radical (unpaired) electrons. The van der Waals surface area contributed by atoms with E-state index in [0.717, 1.165) is 17.1 Å². The smallest absolute Gasteiger partial charge is 0.315 e. The topological polar surface area (TPSA) is 74.2 Å². The fourth-order valence-electron chi connectivity index (χ4n) is 1.25. The molecule has 1 aromatic heterocycles. The van der Waals surface area contributed by atoms with Crippen LogP contribution in [0.1, 0.15) is 30.1 Å². The quantitative estimate of drug-likeness (QED) is 0.727. The molecule has 0 aliphatic carbocycles. The van der Waals surface area contributed by atoms with Crippen LogP contribution < -0.4 is 10.6 Å². The van der Waals surface area contributed by atoms with Gasteiger partial charge in [-0.25, -0.2) is 9.78 Å². The first-order valence-corrected chi connectivity index (χ1v) is 6.12. The van der Waals surface area contributed by atoms with Crippen LogP contribution in [-0.2, 0) is 0 Å². The largest absolute Gasteiger partial charge is 0.395 e. The lowest BCUT2D eigenvalue weighted by Crippen LogP contribution is -2.39. The Morgan fingerprint density at radius 3 is 2.94 bits per heavy atom. The Bertz CT molecular complexity index is 341. The molecule has 1 heterocycles. The van der Waals surface area contributed by atoms with Crippen LogP contribution in [0.15, 0.2) is 5.38 Å². The summed E-state index contributed by atoms with van der Waals surface area (Å²) in [6.07, 6.45) is 0.791. The zero-order chi connectivity index (χ0) is 12.0. The van der Waals surface area contributed by atoms with E-state index in [4.69, 9.17) is 5.11 Å². The summed E-state index contributed by atoms with van der Waals surface area (Å²) in [5, 5.41) is 16.8. The molecule has 6 heteroatoms. The second-order valence-electron chi connectivity index (χ2n) is 3.41. The van der Waals surface area contributed by atoms with E-state index in [1.54, 1.807) is 11.3 Å². The summed E-state index contributed by atoms with van der Waals surface area (Å²) < 4.78 is 0. The van der Waals surface area contributed by atoms with Crippen molar-refractivity contribution in [3.8, 4) is 0 Å². The normalized spacial score (nSPS) is 12.2. The second-order valence-corrected chi connectivity index (χ2v) is 4.30. The van der Waals surface area contributed by atoms with Gasteiger partial charge in [0.2, 0.25) is 0 Å². The molecular formula is C10H17N3O2S. The van der Waals surface area contributed by atoms with E-state index in [1.165, 1.54) is 0 Å². The van der Waals surface area contributed by atoms with Crippen molar-refractivity contribution in [2.45, 2.75) is 26.3 Å². The molecule has 16 heavy (non-hydrogen) atoms. The van der Waals surface area contributed by atoms with E-state index >= 15 is 0 Å². The Balaban J connectivity index is 2.52. The van der Waals surface area contributed by atoms with Gasteiger partial charge in [0, 0.05) is 17.6 Å². The molecule has 1 rings (SSSR count). The molecule has 0 bridgehead atoms. The second kappa shape index (κ2) is 6.44. The number of urea groups is 1. The van der Waals surface area contributed by atoms with Gasteiger partial charge in [0.15, 0.2) is 0 Å². The van der Waals surface area contributed by atoms with E-state index in [1.807, 2.05) is 19.2 Å². The van der Waals surface area contributed by atoms with Crippen LogP contribution >= 0.6 is 11.3 Å². The van der Waals surface area contributed by atoms with Gasteiger partial charge in [0.25, 0.3) is 0 Å². The SMILES string of the molecule is CCC(NC(=O)NCCO)c1nc(C)cs1. The highest BCUT2D eigenvalue weighted by molar-refractivity contribution is 7.09. The van der Waals surface area contributed by atoms with Crippen molar-refractivity contribution in [1.82, 2.24) is 15.6 Å². The first kappa shape index (κ1) is 12.9. The molecule has 1 aromatic rings. The molecule has 3 N–H and O–H groups in total. The summed E-state index contributed by atoms with van der Waals surface area (Å²) in [6, 6.07) is -0.328. The minimum absolute atomic E-state index is 0.0550. The Morgan fingerprint density at radius 2 is 2.44 bits per heavy atom. The molecule has 2 amide bonds. The first-order valence-electron chi connectivity index (χ1n) is 5.24. The number of hydrogen-bond donors (Lipinski definition) is 3. The standard InChI is InChI=1S/C10H17N3O2S/c1-3-8(9-12-7(2)6-16-9)13-10(15)11-4-5-14/h6,8,14H,3-5H2,1-2H3,(H2,11,13,15). The monoisotopic (exact) mass is 243 g/mol. The number of aryl methyl sites for hydroxylation is 1. The number of aromatic nitrogens is 1. The third-order valence-electron chi connectivity index (χ3n) is 2.05. The Morgan fingerprint density at radius 1 is 1.69 bits per heavy atom. The van der Waals surface area contributed by atoms with Gasteiger partial charge in [-0.2, -0.15) is 0 Å². The predicted molar refractivity (Wildman–Crippen MR) is 63.5 cm³/mol. The summed E-state index contributed by atoms with van der Waals surface area (Å²) in [7, 11) is 0. The van der Waals surface area contributed by atoms with E-state index < -0.39 is 0 Å². The number of nitrogens with zero attached hydrogens (tertiary/aromatic N) is 1. The van der Waals surface area contributed by atoms with Crippen molar-refractivity contribution in [3.05, 3.63) is 16.1 Å². The molecule has 0 aliphatic rings. The molecule has 0 fully saturated rings. The molecule has 1 unspecified atom stereocenters. The highest BCUT2D eigenvalue weighted by Gasteiger charge is 2.15. The fraction of sp³-hybridized carbons (Fsp3) is 0.600. The molecule has 5 nitrogen and oxygen atoms in total. The van der Waals surface area contributed by atoms with Gasteiger partial charge in [-0.15, -0.1) is 11.3 Å². The fourth-order valence-corrected chi connectivity index (χ4v) is 2.18. The van der Waals surface area contributed by atoms with Crippen LogP contribution in [0.2, 0.25) is 0 Å². The summed E-state index contributed by atoms with van der Waals surface area (Å²) in [5.41, 5.74) is 0.969. The van der Waals surface area contributed by atoms with Gasteiger partial charge in [0.1, 0.15) is 5.01 Å². The Hall–Kier alpha value is -1.14. The number of nitrogens with one attached hydrogen (secondary N) is 2.